The number of carboxylic acid groups (broad SMARTS) is 1. The van der Waals surface area contributed by atoms with E-state index in [1.54, 1.807) is 36.4 Å². The number of thiazole rings is 1. The Balaban J connectivity index is 1.30. The molecule has 3 atom stereocenters. The number of nitrogens with zero attached hydrogens (tertiary/aromatic N) is 4. The minimum absolute atomic E-state index is 0.0308. The first-order chi connectivity index (χ1) is 21.5. The van der Waals surface area contributed by atoms with E-state index in [0.29, 0.717) is 34.8 Å². The molecule has 0 bridgehead atoms. The molecule has 3 aliphatic heterocycles. The van der Waals surface area contributed by atoms with Crippen LogP contribution in [0.4, 0.5) is 18.0 Å². The van der Waals surface area contributed by atoms with Crippen LogP contribution in [0.2, 0.25) is 0 Å². The maximum absolute atomic E-state index is 15.5. The maximum atomic E-state index is 15.5. The second kappa shape index (κ2) is 12.1. The van der Waals surface area contributed by atoms with Crippen LogP contribution in [0.5, 0.6) is 0 Å². The number of amidine groups is 1. The van der Waals surface area contributed by atoms with E-state index in [-0.39, 0.29) is 43.6 Å². The largest absolute Gasteiger partial charge is 0.481 e. The number of carbonyl (C=O) groups is 3. The molecule has 2 amide bonds. The molecule has 11 nitrogen and oxygen atoms in total. The highest BCUT2D eigenvalue weighted by Crippen LogP contribution is 2.44. The van der Waals surface area contributed by atoms with E-state index in [2.05, 4.69) is 15.6 Å². The fourth-order valence-electron chi connectivity index (χ4n) is 6.59. The molecule has 1 aromatic carbocycles. The monoisotopic (exact) mass is 646 g/mol. The van der Waals surface area contributed by atoms with Crippen LogP contribution >= 0.6 is 11.3 Å². The number of aliphatic carboxylic acids is 1. The van der Waals surface area contributed by atoms with Gasteiger partial charge in [0.25, 0.3) is 5.92 Å². The predicted molar refractivity (Wildman–Crippen MR) is 157 cm³/mol. The van der Waals surface area contributed by atoms with Gasteiger partial charge in [-0.05, 0) is 43.9 Å². The van der Waals surface area contributed by atoms with Crippen molar-refractivity contribution >= 4 is 35.1 Å². The summed E-state index contributed by atoms with van der Waals surface area (Å²) in [7, 11) is 0. The van der Waals surface area contributed by atoms with Gasteiger partial charge in [0, 0.05) is 49.0 Å². The van der Waals surface area contributed by atoms with Crippen LogP contribution in [0.15, 0.2) is 46.0 Å². The number of benzene rings is 1. The van der Waals surface area contributed by atoms with E-state index < -0.39 is 60.2 Å². The van der Waals surface area contributed by atoms with Gasteiger partial charge < -0.3 is 25.4 Å². The Morgan fingerprint density at radius 2 is 2.02 bits per heavy atom. The molecule has 0 radical (unpaired) electrons. The zero-order valence-corrected chi connectivity index (χ0v) is 25.5. The molecule has 3 fully saturated rings. The van der Waals surface area contributed by atoms with Crippen LogP contribution < -0.4 is 10.6 Å². The van der Waals surface area contributed by atoms with Crippen molar-refractivity contribution in [2.45, 2.75) is 50.7 Å². The molecule has 1 aromatic heterocycles. The number of hydrogen-bond donors (Lipinski definition) is 3. The van der Waals surface area contributed by atoms with Crippen LogP contribution in [0, 0.1) is 24.6 Å². The number of nitrogens with one attached hydrogen (secondary N) is 2. The molecule has 2 aromatic rings. The number of rotatable bonds is 8. The first kappa shape index (κ1) is 31.0. The van der Waals surface area contributed by atoms with Crippen LogP contribution in [-0.2, 0) is 14.3 Å². The van der Waals surface area contributed by atoms with Gasteiger partial charge in [0.05, 0.1) is 30.6 Å². The van der Waals surface area contributed by atoms with Gasteiger partial charge in [-0.2, -0.15) is 0 Å². The molecule has 45 heavy (non-hydrogen) atoms. The molecule has 3 N–H and O–H groups in total. The number of aliphatic imine (C=N–C) groups is 1. The van der Waals surface area contributed by atoms with Crippen LogP contribution in [0.25, 0.3) is 0 Å². The summed E-state index contributed by atoms with van der Waals surface area (Å²) >= 11 is 1.30. The summed E-state index contributed by atoms with van der Waals surface area (Å²) in [5.74, 6) is -6.56. The lowest BCUT2D eigenvalue weighted by Gasteiger charge is -2.34. The summed E-state index contributed by atoms with van der Waals surface area (Å²) < 4.78 is 51.1. The Morgan fingerprint density at radius 3 is 2.71 bits per heavy atom. The Kier molecular flexibility index (Phi) is 8.33. The SMILES string of the molecule is CCOC(=O)C1=C(CN2CC(F)(F)C3CN(C(=O)NC4CC(C(=O)O)C4)CC32)NC(c2nccs2)=NC1c1cccc(F)c1C. The number of amides is 2. The van der Waals surface area contributed by atoms with Gasteiger partial charge >= 0.3 is 18.0 Å². The molecular weight excluding hydrogens is 613 g/mol. The predicted octanol–water partition coefficient (Wildman–Crippen LogP) is 3.32. The van der Waals surface area contributed by atoms with E-state index >= 15 is 8.78 Å². The minimum Gasteiger partial charge on any atom is -0.481 e. The summed E-state index contributed by atoms with van der Waals surface area (Å²) in [6.07, 6.45) is 2.19. The average molecular weight is 647 g/mol. The second-order valence-electron chi connectivity index (χ2n) is 11.8. The number of esters is 1. The molecule has 0 spiro atoms. The van der Waals surface area contributed by atoms with Gasteiger partial charge in [0.1, 0.15) is 11.9 Å². The summed E-state index contributed by atoms with van der Waals surface area (Å²) in [4.78, 5) is 49.6. The van der Waals surface area contributed by atoms with E-state index in [4.69, 9.17) is 14.8 Å². The first-order valence-electron chi connectivity index (χ1n) is 14.8. The van der Waals surface area contributed by atoms with Crippen LogP contribution in [0.3, 0.4) is 0 Å². The lowest BCUT2D eigenvalue weighted by atomic mass is 9.80. The average Bonchev–Trinajstić information content (AvgIpc) is 3.70. The normalized spacial score (nSPS) is 27.4. The quantitative estimate of drug-likeness (QED) is 0.372. The molecule has 3 unspecified atom stereocenters. The van der Waals surface area contributed by atoms with Crippen molar-refractivity contribution in [2.24, 2.45) is 16.8 Å². The van der Waals surface area contributed by atoms with Crippen LogP contribution in [0.1, 0.15) is 41.9 Å². The van der Waals surface area contributed by atoms with E-state index in [0.717, 1.165) is 0 Å². The van der Waals surface area contributed by atoms with Crippen molar-refractivity contribution < 1.29 is 37.4 Å². The zero-order chi connectivity index (χ0) is 32.0. The highest BCUT2D eigenvalue weighted by molar-refractivity contribution is 7.11. The smallest absolute Gasteiger partial charge is 0.338 e. The van der Waals surface area contributed by atoms with Gasteiger partial charge in [-0.1, -0.05) is 12.1 Å². The minimum atomic E-state index is -3.12. The molecule has 1 saturated carbocycles. The lowest BCUT2D eigenvalue weighted by molar-refractivity contribution is -0.145. The molecule has 4 heterocycles. The number of ether oxygens (including phenoxy) is 1. The van der Waals surface area contributed by atoms with Gasteiger partial charge in [-0.3, -0.25) is 14.7 Å². The summed E-state index contributed by atoms with van der Waals surface area (Å²) in [6.45, 7) is 2.46. The summed E-state index contributed by atoms with van der Waals surface area (Å²) in [5, 5.41) is 17.3. The number of aromatic nitrogens is 1. The van der Waals surface area contributed by atoms with Crippen molar-refractivity contribution in [2.75, 3.05) is 32.8 Å². The second-order valence-corrected chi connectivity index (χ2v) is 12.7. The fraction of sp³-hybridized carbons (Fsp3) is 0.500. The number of halogens is 3. The van der Waals surface area contributed by atoms with Crippen molar-refractivity contribution in [3.63, 3.8) is 0 Å². The van der Waals surface area contributed by atoms with E-state index in [1.165, 1.54) is 28.4 Å². The fourth-order valence-corrected chi connectivity index (χ4v) is 7.17. The molecule has 15 heteroatoms. The summed E-state index contributed by atoms with van der Waals surface area (Å²) in [6, 6.07) is 1.98. The lowest BCUT2D eigenvalue weighted by Crippen LogP contribution is -2.52. The molecule has 6 rings (SSSR count). The molecular formula is C30H33F3N6O5S. The third-order valence-corrected chi connectivity index (χ3v) is 9.82. The Hall–Kier alpha value is -3.98. The Morgan fingerprint density at radius 1 is 1.24 bits per heavy atom. The van der Waals surface area contributed by atoms with Gasteiger partial charge in [0.2, 0.25) is 0 Å². The number of carbonyl (C=O) groups excluding carboxylic acids is 2. The third-order valence-electron chi connectivity index (χ3n) is 9.04. The number of fused-ring (bicyclic) bond motifs is 1. The van der Waals surface area contributed by atoms with E-state index in [9.17, 15) is 18.8 Å². The van der Waals surface area contributed by atoms with Gasteiger partial charge in [0.15, 0.2) is 10.8 Å². The number of likely N-dealkylation sites (tertiary alicyclic amines) is 2. The standard InChI is InChI=1S/C30H33F3N6O5S/c1-3-44-28(42)23-21(36-25(26-34-7-8-45-26)37-24(23)18-5-4-6-20(31)15(18)2)12-39-14-30(32,33)19-11-38(13-22(19)39)29(43)35-17-9-16(10-17)27(40)41/h4-8,16-17,19,22,24H,3,9-14H2,1-2H3,(H,35,43)(H,36,37)(H,40,41). The first-order valence-corrected chi connectivity index (χ1v) is 15.6. The highest BCUT2D eigenvalue weighted by atomic mass is 32.1. The van der Waals surface area contributed by atoms with Gasteiger partial charge in [-0.15, -0.1) is 11.3 Å². The Labute approximate surface area is 261 Å². The number of alkyl halides is 2. The van der Waals surface area contributed by atoms with Crippen molar-refractivity contribution in [1.29, 1.82) is 0 Å². The third kappa shape index (κ3) is 5.90. The van der Waals surface area contributed by atoms with E-state index in [1.807, 2.05) is 0 Å². The molecule has 1 aliphatic carbocycles. The molecule has 4 aliphatic rings. The number of hydrogen-bond acceptors (Lipinski definition) is 9. The zero-order valence-electron chi connectivity index (χ0n) is 24.6. The number of carboxylic acids is 1. The Bertz CT molecular complexity index is 1560. The van der Waals surface area contributed by atoms with Crippen molar-refractivity contribution in [3.05, 3.63) is 63.0 Å². The molecule has 2 saturated heterocycles. The topological polar surface area (TPSA) is 136 Å². The highest BCUT2D eigenvalue weighted by Gasteiger charge is 2.59. The maximum Gasteiger partial charge on any atom is 0.338 e. The van der Waals surface area contributed by atoms with Crippen molar-refractivity contribution in [1.82, 2.24) is 25.4 Å². The molecule has 240 valence electrons. The number of urea groups is 1. The van der Waals surface area contributed by atoms with Crippen LogP contribution in [-0.4, -0.2) is 94.5 Å². The van der Waals surface area contributed by atoms with Crippen molar-refractivity contribution in [3.8, 4) is 0 Å². The summed E-state index contributed by atoms with van der Waals surface area (Å²) in [5.41, 5.74) is 1.10. The van der Waals surface area contributed by atoms with Gasteiger partial charge in [-0.25, -0.2) is 27.7 Å².